The zero-order valence-corrected chi connectivity index (χ0v) is 25.7. The number of esters is 1. The van der Waals surface area contributed by atoms with E-state index in [1.165, 1.54) is 30.8 Å². The van der Waals surface area contributed by atoms with Gasteiger partial charge in [-0.15, -0.1) is 0 Å². The van der Waals surface area contributed by atoms with E-state index in [9.17, 15) is 35.5 Å². The molecule has 2 aliphatic heterocycles. The summed E-state index contributed by atoms with van der Waals surface area (Å²) in [5, 5.41) is 0. The molecule has 1 atom stereocenters. The minimum Gasteiger partial charge on any atom is -0.476 e. The summed E-state index contributed by atoms with van der Waals surface area (Å²) in [7, 11) is 0. The predicted molar refractivity (Wildman–Crippen MR) is 159 cm³/mol. The highest BCUT2D eigenvalue weighted by molar-refractivity contribution is 7.99. The molecule has 0 spiro atoms. The molecule has 2 heterocycles. The highest BCUT2D eigenvalue weighted by Gasteiger charge is 2.36. The molecule has 3 aromatic carbocycles. The van der Waals surface area contributed by atoms with Crippen molar-refractivity contribution < 1.29 is 45.0 Å². The topological polar surface area (TPSA) is 45.3 Å². The van der Waals surface area contributed by atoms with Gasteiger partial charge in [0.05, 0.1) is 22.5 Å². The second kappa shape index (κ2) is 14.1. The molecule has 6 nitrogen and oxygen atoms in total. The molecule has 46 heavy (non-hydrogen) atoms. The average molecular weight is 672 g/mol. The Morgan fingerprint density at radius 3 is 2.20 bits per heavy atom. The lowest BCUT2D eigenvalue weighted by atomic mass is 10.1. The van der Waals surface area contributed by atoms with Crippen molar-refractivity contribution in [2.75, 3.05) is 57.3 Å². The number of rotatable bonds is 10. The summed E-state index contributed by atoms with van der Waals surface area (Å²) in [4.78, 5) is 20.4. The second-order valence-electron chi connectivity index (χ2n) is 11.0. The fraction of sp³-hybridized carbons (Fsp3) is 0.406. The molecule has 3 aromatic rings. The van der Waals surface area contributed by atoms with Gasteiger partial charge in [-0.3, -0.25) is 4.90 Å². The Morgan fingerprint density at radius 1 is 0.826 bits per heavy atom. The fourth-order valence-electron chi connectivity index (χ4n) is 5.39. The molecule has 248 valence electrons. The highest BCUT2D eigenvalue weighted by Crippen LogP contribution is 2.49. The SMILES string of the molecule is CC(Oc1cccc(C(F)(F)F)c1F)C(=O)OCCN1CCN(CCCN2c3ccccc3Sc3ccc(C(F)(F)F)cc32)CC1. The molecule has 2 aliphatic rings. The number of benzene rings is 3. The molecule has 0 amide bonds. The zero-order valence-electron chi connectivity index (χ0n) is 24.8. The number of carbonyl (C=O) groups excluding carboxylic acids is 1. The largest absolute Gasteiger partial charge is 0.476 e. The van der Waals surface area contributed by atoms with Gasteiger partial charge in [0.2, 0.25) is 0 Å². The fourth-order valence-corrected chi connectivity index (χ4v) is 6.46. The van der Waals surface area contributed by atoms with Crippen molar-refractivity contribution in [1.29, 1.82) is 0 Å². The standard InChI is InChI=1S/C32H32F7N3O3S/c1-21(45-26-8-4-6-23(29(26)33)32(37,38)39)30(43)44-19-18-41-16-14-40(15-17-41)12-5-13-42-24-7-2-3-9-27(24)46-28-11-10-22(20-25(28)42)31(34,35)36/h2-4,6-11,20-21H,5,12-19H2,1H3. The summed E-state index contributed by atoms with van der Waals surface area (Å²) in [6.45, 7) is 5.97. The van der Waals surface area contributed by atoms with Crippen LogP contribution >= 0.6 is 11.8 Å². The van der Waals surface area contributed by atoms with Crippen LogP contribution in [0.3, 0.4) is 0 Å². The number of para-hydroxylation sites is 1. The van der Waals surface area contributed by atoms with Gasteiger partial charge >= 0.3 is 18.3 Å². The Bertz CT molecular complexity index is 1530. The Kier molecular flexibility index (Phi) is 10.4. The monoisotopic (exact) mass is 671 g/mol. The van der Waals surface area contributed by atoms with Crippen LogP contribution in [0, 0.1) is 5.82 Å². The van der Waals surface area contributed by atoms with Crippen molar-refractivity contribution >= 4 is 29.1 Å². The third-order valence-electron chi connectivity index (χ3n) is 7.83. The second-order valence-corrected chi connectivity index (χ2v) is 12.1. The van der Waals surface area contributed by atoms with Crippen LogP contribution in [0.15, 0.2) is 70.5 Å². The minimum atomic E-state index is -4.90. The van der Waals surface area contributed by atoms with E-state index in [1.54, 1.807) is 0 Å². The maximum atomic E-state index is 14.2. The smallest absolute Gasteiger partial charge is 0.419 e. The number of nitrogens with zero attached hydrogens (tertiary/aromatic N) is 3. The van der Waals surface area contributed by atoms with Crippen molar-refractivity contribution in [1.82, 2.24) is 9.80 Å². The lowest BCUT2D eigenvalue weighted by Crippen LogP contribution is -2.48. The van der Waals surface area contributed by atoms with Gasteiger partial charge in [-0.25, -0.2) is 9.18 Å². The van der Waals surface area contributed by atoms with Gasteiger partial charge in [0.15, 0.2) is 17.7 Å². The molecular weight excluding hydrogens is 639 g/mol. The number of carbonyl (C=O) groups is 1. The first-order chi connectivity index (χ1) is 21.8. The summed E-state index contributed by atoms with van der Waals surface area (Å²) in [5.74, 6) is -3.10. The third-order valence-corrected chi connectivity index (χ3v) is 8.96. The van der Waals surface area contributed by atoms with Gasteiger partial charge in [-0.2, -0.15) is 26.3 Å². The number of fused-ring (bicyclic) bond motifs is 2. The van der Waals surface area contributed by atoms with E-state index >= 15 is 0 Å². The van der Waals surface area contributed by atoms with Gasteiger partial charge in [-0.05, 0) is 62.4 Å². The minimum absolute atomic E-state index is 0.0311. The van der Waals surface area contributed by atoms with Crippen LogP contribution in [0.4, 0.5) is 42.1 Å². The Hall–Kier alpha value is -3.49. The number of halogens is 7. The van der Waals surface area contributed by atoms with Crippen molar-refractivity contribution in [3.05, 3.63) is 77.6 Å². The number of anilines is 2. The summed E-state index contributed by atoms with van der Waals surface area (Å²) < 4.78 is 104. The lowest BCUT2D eigenvalue weighted by Gasteiger charge is -2.36. The van der Waals surface area contributed by atoms with Crippen LogP contribution < -0.4 is 9.64 Å². The van der Waals surface area contributed by atoms with Crippen molar-refractivity contribution in [2.45, 2.75) is 41.6 Å². The summed E-state index contributed by atoms with van der Waals surface area (Å²) in [6, 6.07) is 14.2. The molecule has 1 unspecified atom stereocenters. The molecule has 0 aromatic heterocycles. The van der Waals surface area contributed by atoms with E-state index < -0.39 is 47.1 Å². The first kappa shape index (κ1) is 33.9. The number of hydrogen-bond donors (Lipinski definition) is 0. The van der Waals surface area contributed by atoms with Crippen molar-refractivity contribution in [3.8, 4) is 5.75 Å². The molecule has 0 aliphatic carbocycles. The van der Waals surface area contributed by atoms with Crippen molar-refractivity contribution in [3.63, 3.8) is 0 Å². The van der Waals surface area contributed by atoms with Gasteiger partial charge in [0, 0.05) is 49.1 Å². The molecule has 1 saturated heterocycles. The summed E-state index contributed by atoms with van der Waals surface area (Å²) in [5.41, 5.74) is -0.717. The normalized spacial score (nSPS) is 16.5. The van der Waals surface area contributed by atoms with Crippen LogP contribution in [0.2, 0.25) is 0 Å². The van der Waals surface area contributed by atoms with Crippen LogP contribution in [0.1, 0.15) is 24.5 Å². The quantitative estimate of drug-likeness (QED) is 0.164. The van der Waals surface area contributed by atoms with E-state index in [4.69, 9.17) is 9.47 Å². The average Bonchev–Trinajstić information content (AvgIpc) is 3.01. The summed E-state index contributed by atoms with van der Waals surface area (Å²) in [6.07, 6.45) is -9.91. The predicted octanol–water partition coefficient (Wildman–Crippen LogP) is 7.48. The van der Waals surface area contributed by atoms with Gasteiger partial charge in [0.25, 0.3) is 0 Å². The molecule has 1 fully saturated rings. The highest BCUT2D eigenvalue weighted by atomic mass is 32.2. The summed E-state index contributed by atoms with van der Waals surface area (Å²) >= 11 is 1.46. The van der Waals surface area contributed by atoms with E-state index in [0.29, 0.717) is 37.9 Å². The van der Waals surface area contributed by atoms with Gasteiger partial charge < -0.3 is 19.3 Å². The van der Waals surface area contributed by atoms with E-state index in [0.717, 1.165) is 59.7 Å². The molecule has 0 radical (unpaired) electrons. The number of ether oxygens (including phenoxy) is 2. The first-order valence-electron chi connectivity index (χ1n) is 14.7. The molecule has 0 N–H and O–H groups in total. The van der Waals surface area contributed by atoms with E-state index in [-0.39, 0.29) is 6.61 Å². The first-order valence-corrected chi connectivity index (χ1v) is 15.5. The van der Waals surface area contributed by atoms with Crippen LogP contribution in [-0.4, -0.2) is 74.3 Å². The molecular formula is C32H32F7N3O3S. The molecule has 0 bridgehead atoms. The number of piperazine rings is 1. The van der Waals surface area contributed by atoms with Crippen molar-refractivity contribution in [2.24, 2.45) is 0 Å². The van der Waals surface area contributed by atoms with Gasteiger partial charge in [-0.1, -0.05) is 30.0 Å². The van der Waals surface area contributed by atoms with Crippen LogP contribution in [0.5, 0.6) is 5.75 Å². The van der Waals surface area contributed by atoms with Gasteiger partial charge in [0.1, 0.15) is 6.61 Å². The molecule has 5 rings (SSSR count). The Labute approximate surface area is 266 Å². The maximum Gasteiger partial charge on any atom is 0.419 e. The Morgan fingerprint density at radius 2 is 1.50 bits per heavy atom. The third kappa shape index (κ3) is 8.07. The number of alkyl halides is 6. The van der Waals surface area contributed by atoms with E-state index in [1.807, 2.05) is 29.2 Å². The zero-order chi connectivity index (χ0) is 33.1. The number of hydrogen-bond acceptors (Lipinski definition) is 7. The van der Waals surface area contributed by atoms with Crippen LogP contribution in [0.25, 0.3) is 0 Å². The maximum absolute atomic E-state index is 14.2. The Balaban J connectivity index is 1.06. The van der Waals surface area contributed by atoms with Crippen LogP contribution in [-0.2, 0) is 21.9 Å². The lowest BCUT2D eigenvalue weighted by molar-refractivity contribution is -0.151. The molecule has 14 heteroatoms. The van der Waals surface area contributed by atoms with E-state index in [2.05, 4.69) is 9.80 Å². The molecule has 0 saturated carbocycles.